The van der Waals surface area contributed by atoms with Gasteiger partial charge in [-0.15, -0.1) is 11.8 Å². The molecule has 1 saturated carbocycles. The third-order valence-electron chi connectivity index (χ3n) is 3.22. The fourth-order valence-corrected chi connectivity index (χ4v) is 2.67. The molecule has 0 amide bonds. The fourth-order valence-electron chi connectivity index (χ4n) is 2.02. The standard InChI is InChI=1S/C13H14F2OS/c1-8-11(6-12(8)16)9-2-4-10(5-3-9)17-7-13(14)15/h2-5,8,11,13H,6-7H2,1H3. The van der Waals surface area contributed by atoms with Gasteiger partial charge in [-0.2, -0.15) is 0 Å². The predicted molar refractivity (Wildman–Crippen MR) is 64.7 cm³/mol. The molecule has 1 aliphatic rings. The molecule has 0 heterocycles. The van der Waals surface area contributed by atoms with Crippen LogP contribution in [0.2, 0.25) is 0 Å². The van der Waals surface area contributed by atoms with Gasteiger partial charge in [0.2, 0.25) is 6.43 Å². The molecule has 2 atom stereocenters. The molecule has 2 rings (SSSR count). The number of carbonyl (C=O) groups is 1. The molecule has 4 heteroatoms. The summed E-state index contributed by atoms with van der Waals surface area (Å²) >= 11 is 1.16. The summed E-state index contributed by atoms with van der Waals surface area (Å²) < 4.78 is 24.1. The molecule has 1 aliphatic carbocycles. The average molecular weight is 256 g/mol. The Kier molecular flexibility index (Phi) is 3.82. The van der Waals surface area contributed by atoms with Crippen molar-refractivity contribution in [3.63, 3.8) is 0 Å². The van der Waals surface area contributed by atoms with Crippen molar-refractivity contribution in [1.29, 1.82) is 0 Å². The molecule has 17 heavy (non-hydrogen) atoms. The number of benzene rings is 1. The molecule has 0 spiro atoms. The van der Waals surface area contributed by atoms with Gasteiger partial charge in [-0.1, -0.05) is 19.1 Å². The SMILES string of the molecule is CC1C(=O)CC1c1ccc(SCC(F)F)cc1. The molecule has 0 N–H and O–H groups in total. The fraction of sp³-hybridized carbons (Fsp3) is 0.462. The molecule has 0 radical (unpaired) electrons. The van der Waals surface area contributed by atoms with Gasteiger partial charge in [0.25, 0.3) is 0 Å². The minimum atomic E-state index is -2.27. The highest BCUT2D eigenvalue weighted by atomic mass is 32.2. The van der Waals surface area contributed by atoms with E-state index in [-0.39, 0.29) is 11.7 Å². The van der Waals surface area contributed by atoms with E-state index in [1.807, 2.05) is 31.2 Å². The van der Waals surface area contributed by atoms with Crippen LogP contribution in [0.15, 0.2) is 29.2 Å². The lowest BCUT2D eigenvalue weighted by Gasteiger charge is -2.32. The van der Waals surface area contributed by atoms with Gasteiger partial charge in [-0.05, 0) is 17.7 Å². The lowest BCUT2D eigenvalue weighted by Crippen LogP contribution is -2.32. The summed E-state index contributed by atoms with van der Waals surface area (Å²) in [6, 6.07) is 7.61. The molecule has 1 nitrogen and oxygen atoms in total. The molecular formula is C13H14F2OS. The normalized spacial score (nSPS) is 23.9. The molecule has 0 aromatic heterocycles. The molecule has 0 aliphatic heterocycles. The number of halogens is 2. The largest absolute Gasteiger partial charge is 0.299 e. The van der Waals surface area contributed by atoms with Crippen LogP contribution in [0.4, 0.5) is 8.78 Å². The monoisotopic (exact) mass is 256 g/mol. The van der Waals surface area contributed by atoms with E-state index in [2.05, 4.69) is 0 Å². The maximum absolute atomic E-state index is 12.0. The number of hydrogen-bond acceptors (Lipinski definition) is 2. The second-order valence-electron chi connectivity index (χ2n) is 4.34. The van der Waals surface area contributed by atoms with Crippen molar-refractivity contribution in [3.8, 4) is 0 Å². The molecule has 92 valence electrons. The van der Waals surface area contributed by atoms with Crippen LogP contribution in [0, 0.1) is 5.92 Å². The highest BCUT2D eigenvalue weighted by Gasteiger charge is 2.36. The maximum Gasteiger partial charge on any atom is 0.247 e. The molecule has 0 saturated heterocycles. The second kappa shape index (κ2) is 5.17. The number of hydrogen-bond donors (Lipinski definition) is 0. The third-order valence-corrected chi connectivity index (χ3v) is 4.24. The van der Waals surface area contributed by atoms with Crippen LogP contribution in [0.3, 0.4) is 0 Å². The second-order valence-corrected chi connectivity index (χ2v) is 5.43. The van der Waals surface area contributed by atoms with Gasteiger partial charge in [-0.25, -0.2) is 8.78 Å². The smallest absolute Gasteiger partial charge is 0.247 e. The summed E-state index contributed by atoms with van der Waals surface area (Å²) in [6.07, 6.45) is -1.66. The first kappa shape index (κ1) is 12.6. The molecule has 1 aromatic carbocycles. The lowest BCUT2D eigenvalue weighted by atomic mass is 9.70. The Morgan fingerprint density at radius 2 is 2.00 bits per heavy atom. The van der Waals surface area contributed by atoms with Crippen molar-refractivity contribution in [1.82, 2.24) is 0 Å². The number of Topliss-reactive ketones (excluding diaryl/α,β-unsaturated/α-hetero) is 1. The van der Waals surface area contributed by atoms with E-state index in [1.165, 1.54) is 0 Å². The molecule has 1 fully saturated rings. The minimum Gasteiger partial charge on any atom is -0.299 e. The number of thioether (sulfide) groups is 1. The van der Waals surface area contributed by atoms with Gasteiger partial charge >= 0.3 is 0 Å². The Labute approximate surface area is 104 Å². The van der Waals surface area contributed by atoms with Gasteiger partial charge in [-0.3, -0.25) is 4.79 Å². The summed E-state index contributed by atoms with van der Waals surface area (Å²) in [7, 11) is 0. The van der Waals surface area contributed by atoms with Crippen LogP contribution < -0.4 is 0 Å². The average Bonchev–Trinajstić information content (AvgIpc) is 2.33. The van der Waals surface area contributed by atoms with E-state index < -0.39 is 6.43 Å². The molecule has 2 unspecified atom stereocenters. The van der Waals surface area contributed by atoms with Crippen molar-refractivity contribution in [3.05, 3.63) is 29.8 Å². The zero-order valence-corrected chi connectivity index (χ0v) is 10.3. The predicted octanol–water partition coefficient (Wildman–Crippen LogP) is 3.74. The van der Waals surface area contributed by atoms with Gasteiger partial charge in [0.15, 0.2) is 0 Å². The molecule has 1 aromatic rings. The zero-order valence-electron chi connectivity index (χ0n) is 9.53. The Morgan fingerprint density at radius 3 is 2.47 bits per heavy atom. The van der Waals surface area contributed by atoms with E-state index >= 15 is 0 Å². The topological polar surface area (TPSA) is 17.1 Å². The summed E-state index contributed by atoms with van der Waals surface area (Å²) in [5, 5.41) is 0. The van der Waals surface area contributed by atoms with Crippen molar-refractivity contribution in [2.24, 2.45) is 5.92 Å². The number of alkyl halides is 2. The van der Waals surface area contributed by atoms with E-state index in [0.29, 0.717) is 18.1 Å². The molecular weight excluding hydrogens is 242 g/mol. The first-order chi connectivity index (χ1) is 8.08. The summed E-state index contributed by atoms with van der Waals surface area (Å²) in [6.45, 7) is 1.94. The summed E-state index contributed by atoms with van der Waals surface area (Å²) in [5.74, 6) is 0.565. The minimum absolute atomic E-state index is 0.106. The lowest BCUT2D eigenvalue weighted by molar-refractivity contribution is -0.130. The van der Waals surface area contributed by atoms with Crippen molar-refractivity contribution in [2.75, 3.05) is 5.75 Å². The Bertz CT molecular complexity index is 402. The highest BCUT2D eigenvalue weighted by Crippen LogP contribution is 2.39. The first-order valence-corrected chi connectivity index (χ1v) is 6.60. The Hall–Kier alpha value is -0.900. The summed E-state index contributed by atoms with van der Waals surface area (Å²) in [5.41, 5.74) is 1.14. The highest BCUT2D eigenvalue weighted by molar-refractivity contribution is 7.99. The maximum atomic E-state index is 12.0. The van der Waals surface area contributed by atoms with Crippen LogP contribution in [-0.2, 0) is 4.79 Å². The van der Waals surface area contributed by atoms with Crippen LogP contribution in [0.5, 0.6) is 0 Å². The van der Waals surface area contributed by atoms with Crippen molar-refractivity contribution >= 4 is 17.5 Å². The van der Waals surface area contributed by atoms with Crippen LogP contribution in [-0.4, -0.2) is 18.0 Å². The van der Waals surface area contributed by atoms with Gasteiger partial charge in [0, 0.05) is 23.2 Å². The molecule has 0 bridgehead atoms. The Balaban J connectivity index is 1.96. The number of carbonyl (C=O) groups excluding carboxylic acids is 1. The third kappa shape index (κ3) is 2.86. The van der Waals surface area contributed by atoms with E-state index in [9.17, 15) is 13.6 Å². The zero-order chi connectivity index (χ0) is 12.4. The van der Waals surface area contributed by atoms with Crippen LogP contribution in [0.25, 0.3) is 0 Å². The van der Waals surface area contributed by atoms with E-state index in [0.717, 1.165) is 22.2 Å². The van der Waals surface area contributed by atoms with Gasteiger partial charge in [0.05, 0.1) is 5.75 Å². The summed E-state index contributed by atoms with van der Waals surface area (Å²) in [4.78, 5) is 12.0. The van der Waals surface area contributed by atoms with Crippen LogP contribution >= 0.6 is 11.8 Å². The quantitative estimate of drug-likeness (QED) is 0.763. The van der Waals surface area contributed by atoms with Crippen molar-refractivity contribution < 1.29 is 13.6 Å². The van der Waals surface area contributed by atoms with E-state index in [1.54, 1.807) is 0 Å². The Morgan fingerprint density at radius 1 is 1.35 bits per heavy atom. The first-order valence-electron chi connectivity index (χ1n) is 5.61. The van der Waals surface area contributed by atoms with Crippen LogP contribution in [0.1, 0.15) is 24.8 Å². The van der Waals surface area contributed by atoms with Gasteiger partial charge < -0.3 is 0 Å². The van der Waals surface area contributed by atoms with Crippen molar-refractivity contribution in [2.45, 2.75) is 30.6 Å². The van der Waals surface area contributed by atoms with Gasteiger partial charge in [0.1, 0.15) is 5.78 Å². The number of rotatable bonds is 4. The number of ketones is 1. The van der Waals surface area contributed by atoms with E-state index in [4.69, 9.17) is 0 Å².